The number of amides is 2. The summed E-state index contributed by atoms with van der Waals surface area (Å²) in [7, 11) is 2.52. The third-order valence-electron chi connectivity index (χ3n) is 9.09. The first-order chi connectivity index (χ1) is 23.4. The van der Waals surface area contributed by atoms with Gasteiger partial charge >= 0.3 is 11.9 Å². The maximum absolute atomic E-state index is 13.5. The van der Waals surface area contributed by atoms with Crippen molar-refractivity contribution in [2.75, 3.05) is 27.3 Å². The first-order valence-corrected chi connectivity index (χ1v) is 18.7. The van der Waals surface area contributed by atoms with Gasteiger partial charge in [-0.25, -0.2) is 9.59 Å². The molecule has 8 nitrogen and oxygen atoms in total. The van der Waals surface area contributed by atoms with Crippen molar-refractivity contribution in [1.29, 1.82) is 0 Å². The van der Waals surface area contributed by atoms with Crippen molar-refractivity contribution in [2.24, 2.45) is 0 Å². The fourth-order valence-electron chi connectivity index (χ4n) is 6.25. The van der Waals surface area contributed by atoms with Crippen molar-refractivity contribution < 1.29 is 28.7 Å². The normalized spacial score (nSPS) is 11.0. The van der Waals surface area contributed by atoms with Gasteiger partial charge in [-0.1, -0.05) is 129 Å². The Morgan fingerprint density at radius 1 is 0.438 bits per heavy atom. The average molecular weight is 667 g/mol. The molecule has 2 aromatic rings. The molecule has 0 saturated heterocycles. The molecule has 48 heavy (non-hydrogen) atoms. The Hall–Kier alpha value is -3.42. The maximum atomic E-state index is 13.5. The number of hydrogen-bond acceptors (Lipinski definition) is 6. The molecule has 2 N–H and O–H groups in total. The molecule has 0 radical (unpaired) electrons. The third kappa shape index (κ3) is 14.0. The number of unbranched alkanes of at least 4 members (excludes halogenated alkanes) is 18. The van der Waals surface area contributed by atoms with E-state index in [-0.39, 0.29) is 44.8 Å². The van der Waals surface area contributed by atoms with Crippen molar-refractivity contribution >= 4 is 34.5 Å². The van der Waals surface area contributed by atoms with Crippen LogP contribution >= 0.6 is 0 Å². The summed E-state index contributed by atoms with van der Waals surface area (Å²) >= 11 is 0. The second kappa shape index (κ2) is 24.7. The van der Waals surface area contributed by atoms with E-state index in [1.807, 2.05) is 0 Å². The van der Waals surface area contributed by atoms with E-state index in [4.69, 9.17) is 9.47 Å². The highest BCUT2D eigenvalue weighted by atomic mass is 16.5. The topological polar surface area (TPSA) is 111 Å². The average Bonchev–Trinajstić information content (AvgIpc) is 3.10. The quantitative estimate of drug-likeness (QED) is 0.0764. The van der Waals surface area contributed by atoms with E-state index < -0.39 is 11.9 Å². The number of fused-ring (bicyclic) bond motifs is 1. The summed E-state index contributed by atoms with van der Waals surface area (Å²) in [5.74, 6) is -2.08. The summed E-state index contributed by atoms with van der Waals surface area (Å²) in [4.78, 5) is 52.9. The minimum atomic E-state index is -0.664. The lowest BCUT2D eigenvalue weighted by atomic mass is 9.90. The Balaban J connectivity index is 2.11. The molecule has 0 unspecified atom stereocenters. The molecule has 0 spiro atoms. The monoisotopic (exact) mass is 666 g/mol. The van der Waals surface area contributed by atoms with Crippen molar-refractivity contribution in [3.05, 3.63) is 46.5 Å². The van der Waals surface area contributed by atoms with Crippen LogP contribution in [-0.2, 0) is 9.47 Å². The molecule has 0 aliphatic heterocycles. The van der Waals surface area contributed by atoms with Crippen LogP contribution in [-0.4, -0.2) is 51.1 Å². The molecule has 0 aromatic heterocycles. The molecule has 0 saturated carbocycles. The minimum absolute atomic E-state index is 0.105. The molecule has 0 aliphatic rings. The first-order valence-electron chi connectivity index (χ1n) is 18.7. The number of rotatable bonds is 26. The summed E-state index contributed by atoms with van der Waals surface area (Å²) in [5, 5.41) is 6.37. The van der Waals surface area contributed by atoms with Gasteiger partial charge in [0.2, 0.25) is 0 Å². The highest BCUT2D eigenvalue weighted by Gasteiger charge is 2.26. The van der Waals surface area contributed by atoms with Crippen molar-refractivity contribution in [3.8, 4) is 0 Å². The lowest BCUT2D eigenvalue weighted by Gasteiger charge is -2.17. The predicted molar refractivity (Wildman–Crippen MR) is 195 cm³/mol. The number of carbonyl (C=O) groups is 4. The summed E-state index contributed by atoms with van der Waals surface area (Å²) in [6, 6.07) is 6.01. The Labute approximate surface area is 289 Å². The van der Waals surface area contributed by atoms with E-state index in [1.54, 1.807) is 0 Å². The zero-order valence-corrected chi connectivity index (χ0v) is 30.3. The van der Waals surface area contributed by atoms with Gasteiger partial charge in [0, 0.05) is 35.0 Å². The van der Waals surface area contributed by atoms with Crippen LogP contribution in [0.5, 0.6) is 0 Å². The molecule has 0 bridgehead atoms. The number of nitrogens with one attached hydrogen (secondary N) is 2. The molecule has 0 aliphatic carbocycles. The number of benzene rings is 2. The number of hydrogen-bond donors (Lipinski definition) is 2. The van der Waals surface area contributed by atoms with Gasteiger partial charge in [-0.2, -0.15) is 0 Å². The molecular weight excluding hydrogens is 604 g/mol. The van der Waals surface area contributed by atoms with E-state index in [0.717, 1.165) is 38.5 Å². The standard InChI is InChI=1S/C40H62N2O6/c1-5-7-9-11-13-15-17-19-21-23-29-41-37(43)31-25-27-34(40(46)48-4)36-32(26-28-33(35(31)36)39(45)47-3)38(44)42-30-24-22-20-18-16-14-12-10-8-6-2/h25-28H,5-24,29-30H2,1-4H3,(H,41,43)(H,42,44). The molecule has 2 rings (SSSR count). The lowest BCUT2D eigenvalue weighted by Crippen LogP contribution is -2.27. The summed E-state index contributed by atoms with van der Waals surface area (Å²) in [5.41, 5.74) is 0.617. The molecular formula is C40H62N2O6. The Kier molecular flexibility index (Phi) is 21.0. The fourth-order valence-corrected chi connectivity index (χ4v) is 6.25. The molecule has 2 amide bonds. The van der Waals surface area contributed by atoms with Crippen LogP contribution in [0.25, 0.3) is 10.8 Å². The second-order valence-corrected chi connectivity index (χ2v) is 12.9. The maximum Gasteiger partial charge on any atom is 0.338 e. The Morgan fingerprint density at radius 3 is 1.00 bits per heavy atom. The van der Waals surface area contributed by atoms with Gasteiger partial charge < -0.3 is 20.1 Å². The summed E-state index contributed by atoms with van der Waals surface area (Å²) in [6.45, 7) is 5.44. The molecule has 268 valence electrons. The van der Waals surface area contributed by atoms with Crippen LogP contribution in [0.2, 0.25) is 0 Å². The number of ether oxygens (including phenoxy) is 2. The Bertz CT molecular complexity index is 1180. The van der Waals surface area contributed by atoms with E-state index in [9.17, 15) is 19.2 Å². The highest BCUT2D eigenvalue weighted by molar-refractivity contribution is 6.23. The molecule has 8 heteroatoms. The summed E-state index contributed by atoms with van der Waals surface area (Å²) in [6.07, 6.45) is 23.9. The van der Waals surface area contributed by atoms with E-state index in [2.05, 4.69) is 24.5 Å². The van der Waals surface area contributed by atoms with Gasteiger partial charge in [-0.05, 0) is 37.1 Å². The number of esters is 2. The van der Waals surface area contributed by atoms with Gasteiger partial charge in [0.15, 0.2) is 0 Å². The molecule has 0 heterocycles. The van der Waals surface area contributed by atoms with Gasteiger partial charge in [-0.15, -0.1) is 0 Å². The first kappa shape index (κ1) is 40.8. The van der Waals surface area contributed by atoms with Crippen LogP contribution in [0, 0.1) is 0 Å². The predicted octanol–water partition coefficient (Wildman–Crippen LogP) is 9.71. The van der Waals surface area contributed by atoms with Gasteiger partial charge in [0.05, 0.1) is 25.3 Å². The van der Waals surface area contributed by atoms with Gasteiger partial charge in [0.25, 0.3) is 11.8 Å². The summed E-state index contributed by atoms with van der Waals surface area (Å²) < 4.78 is 10.1. The van der Waals surface area contributed by atoms with Crippen molar-refractivity contribution in [2.45, 2.75) is 142 Å². The van der Waals surface area contributed by atoms with Crippen molar-refractivity contribution in [1.82, 2.24) is 10.6 Å². The smallest absolute Gasteiger partial charge is 0.338 e. The molecule has 2 aromatic carbocycles. The highest BCUT2D eigenvalue weighted by Crippen LogP contribution is 2.31. The minimum Gasteiger partial charge on any atom is -0.465 e. The molecule has 0 fully saturated rings. The van der Waals surface area contributed by atoms with Crippen LogP contribution in [0.15, 0.2) is 24.3 Å². The second-order valence-electron chi connectivity index (χ2n) is 12.9. The fraction of sp³-hybridized carbons (Fsp3) is 0.650. The zero-order chi connectivity index (χ0) is 35.0. The molecule has 0 atom stereocenters. The SMILES string of the molecule is CCCCCCCCCCCCNC(=O)c1ccc(C(=O)OC)c2c(C(=O)NCCCCCCCCCCCC)ccc(C(=O)OC)c12. The third-order valence-corrected chi connectivity index (χ3v) is 9.09. The van der Waals surface area contributed by atoms with Crippen LogP contribution in [0.3, 0.4) is 0 Å². The van der Waals surface area contributed by atoms with Gasteiger partial charge in [-0.3, -0.25) is 9.59 Å². The van der Waals surface area contributed by atoms with Crippen LogP contribution < -0.4 is 10.6 Å². The van der Waals surface area contributed by atoms with Gasteiger partial charge in [0.1, 0.15) is 0 Å². The number of carbonyl (C=O) groups excluding carboxylic acids is 4. The van der Waals surface area contributed by atoms with Crippen LogP contribution in [0.4, 0.5) is 0 Å². The zero-order valence-electron chi connectivity index (χ0n) is 30.3. The Morgan fingerprint density at radius 2 is 0.708 bits per heavy atom. The van der Waals surface area contributed by atoms with Crippen molar-refractivity contribution in [3.63, 3.8) is 0 Å². The largest absolute Gasteiger partial charge is 0.465 e. The van der Waals surface area contributed by atoms with E-state index in [0.29, 0.717) is 13.1 Å². The van der Waals surface area contributed by atoms with Crippen LogP contribution in [0.1, 0.15) is 184 Å². The number of methoxy groups -OCH3 is 2. The van der Waals surface area contributed by atoms with E-state index >= 15 is 0 Å². The lowest BCUT2D eigenvalue weighted by molar-refractivity contribution is 0.0592. The van der Waals surface area contributed by atoms with E-state index in [1.165, 1.54) is 128 Å².